The number of pyridine rings is 1. The average molecular weight is 403 g/mol. The van der Waals surface area contributed by atoms with Crippen LogP contribution in [-0.4, -0.2) is 21.3 Å². The zero-order valence-corrected chi connectivity index (χ0v) is 16.6. The van der Waals surface area contributed by atoms with Crippen molar-refractivity contribution in [3.8, 4) is 0 Å². The minimum absolute atomic E-state index is 0.00510. The zero-order chi connectivity index (χ0) is 21.2. The fourth-order valence-corrected chi connectivity index (χ4v) is 3.31. The summed E-state index contributed by atoms with van der Waals surface area (Å²) < 4.78 is 41.6. The van der Waals surface area contributed by atoms with Gasteiger partial charge in [-0.05, 0) is 49.6 Å². The van der Waals surface area contributed by atoms with Crippen LogP contribution in [0, 0.1) is 6.92 Å². The molecule has 1 N–H and O–H groups in total. The molecule has 0 spiro atoms. The average Bonchev–Trinajstić information content (AvgIpc) is 3.08. The Labute approximate surface area is 167 Å². The molecule has 1 amide bonds. The van der Waals surface area contributed by atoms with Gasteiger partial charge in [-0.2, -0.15) is 13.2 Å². The van der Waals surface area contributed by atoms with Gasteiger partial charge >= 0.3 is 6.18 Å². The first-order valence-electron chi connectivity index (χ1n) is 9.59. The number of nitrogens with zero attached hydrogens (tertiary/aromatic N) is 2. The van der Waals surface area contributed by atoms with Crippen LogP contribution in [0.3, 0.4) is 0 Å². The van der Waals surface area contributed by atoms with E-state index in [9.17, 15) is 18.0 Å². The fraction of sp³-hybridized carbons (Fsp3) is 0.364. The number of benzene rings is 1. The van der Waals surface area contributed by atoms with Crippen molar-refractivity contribution in [2.45, 2.75) is 51.7 Å². The van der Waals surface area contributed by atoms with Crippen molar-refractivity contribution in [3.63, 3.8) is 0 Å². The minimum Gasteiger partial charge on any atom is -0.354 e. The smallest absolute Gasteiger partial charge is 0.354 e. The highest BCUT2D eigenvalue weighted by atomic mass is 19.4. The van der Waals surface area contributed by atoms with E-state index in [0.717, 1.165) is 24.1 Å². The Morgan fingerprint density at radius 2 is 2.00 bits per heavy atom. The third kappa shape index (κ3) is 4.78. The van der Waals surface area contributed by atoms with Crippen LogP contribution in [0.2, 0.25) is 0 Å². The molecule has 0 aliphatic rings. The third-order valence-electron chi connectivity index (χ3n) is 5.08. The molecule has 3 rings (SSSR count). The van der Waals surface area contributed by atoms with E-state index in [1.165, 1.54) is 6.07 Å². The highest BCUT2D eigenvalue weighted by Crippen LogP contribution is 2.34. The number of aromatic nitrogens is 2. The summed E-state index contributed by atoms with van der Waals surface area (Å²) in [5, 5.41) is 2.90. The summed E-state index contributed by atoms with van der Waals surface area (Å²) in [5.74, 6) is -0.761. The molecule has 0 bridgehead atoms. The zero-order valence-electron chi connectivity index (χ0n) is 16.6. The molecule has 154 valence electrons. The second-order valence-electron chi connectivity index (χ2n) is 7.37. The van der Waals surface area contributed by atoms with Gasteiger partial charge in [-0.15, -0.1) is 0 Å². The maximum Gasteiger partial charge on any atom is 0.416 e. The quantitative estimate of drug-likeness (QED) is 0.623. The van der Waals surface area contributed by atoms with E-state index in [0.29, 0.717) is 16.9 Å². The summed E-state index contributed by atoms with van der Waals surface area (Å²) in [6.45, 7) is 5.80. The Balaban J connectivity index is 2.05. The molecule has 3 aromatic rings. The molecule has 2 heterocycles. The number of carbonyl (C=O) groups is 1. The van der Waals surface area contributed by atoms with E-state index in [4.69, 9.17) is 0 Å². The van der Waals surface area contributed by atoms with Crippen LogP contribution in [0.5, 0.6) is 0 Å². The molecule has 0 radical (unpaired) electrons. The molecule has 2 unspecified atom stereocenters. The first kappa shape index (κ1) is 20.9. The fourth-order valence-electron chi connectivity index (χ4n) is 3.31. The Bertz CT molecular complexity index is 1010. The first-order valence-corrected chi connectivity index (χ1v) is 9.59. The largest absolute Gasteiger partial charge is 0.416 e. The predicted molar refractivity (Wildman–Crippen MR) is 106 cm³/mol. The SMILES string of the molecule is CCC(C)NC(=O)CC(c1cccc(C(F)(F)F)c1)c1cnc2cc(C)ccn12. The maximum atomic E-state index is 13.3. The summed E-state index contributed by atoms with van der Waals surface area (Å²) in [6, 6.07) is 8.96. The van der Waals surface area contributed by atoms with Crippen LogP contribution in [0.25, 0.3) is 5.65 Å². The highest BCUT2D eigenvalue weighted by Gasteiger charge is 2.32. The number of fused-ring (bicyclic) bond motifs is 1. The standard InChI is InChI=1S/C22H24F3N3O/c1-4-15(3)27-21(29)12-18(16-6-5-7-17(11-16)22(23,24)25)19-13-26-20-10-14(2)8-9-28(19)20/h5-11,13,15,18H,4,12H2,1-3H3,(H,27,29). The summed E-state index contributed by atoms with van der Waals surface area (Å²) >= 11 is 0. The number of imidazole rings is 1. The van der Waals surface area contributed by atoms with Crippen molar-refractivity contribution < 1.29 is 18.0 Å². The maximum absolute atomic E-state index is 13.3. The lowest BCUT2D eigenvalue weighted by Crippen LogP contribution is -2.33. The normalized spacial score (nSPS) is 14.0. The van der Waals surface area contributed by atoms with Crippen molar-refractivity contribution in [2.24, 2.45) is 0 Å². The molecule has 29 heavy (non-hydrogen) atoms. The monoisotopic (exact) mass is 403 g/mol. The number of amides is 1. The third-order valence-corrected chi connectivity index (χ3v) is 5.08. The number of hydrogen-bond donors (Lipinski definition) is 1. The van der Waals surface area contributed by atoms with Gasteiger partial charge in [-0.25, -0.2) is 4.98 Å². The minimum atomic E-state index is -4.45. The van der Waals surface area contributed by atoms with E-state index < -0.39 is 17.7 Å². The molecular weight excluding hydrogens is 379 g/mol. The molecule has 2 aromatic heterocycles. The molecule has 1 aromatic carbocycles. The topological polar surface area (TPSA) is 46.4 Å². The van der Waals surface area contributed by atoms with Crippen molar-refractivity contribution in [1.82, 2.24) is 14.7 Å². The van der Waals surface area contributed by atoms with Gasteiger partial charge < -0.3 is 9.72 Å². The van der Waals surface area contributed by atoms with Crippen molar-refractivity contribution >= 4 is 11.6 Å². The Kier molecular flexibility index (Phi) is 5.96. The van der Waals surface area contributed by atoms with Crippen LogP contribution < -0.4 is 5.32 Å². The summed E-state index contributed by atoms with van der Waals surface area (Å²) in [6.07, 6.45) is -0.172. The van der Waals surface area contributed by atoms with Gasteiger partial charge in [0.2, 0.25) is 5.91 Å². The van der Waals surface area contributed by atoms with Gasteiger partial charge in [-0.1, -0.05) is 25.1 Å². The van der Waals surface area contributed by atoms with Gasteiger partial charge in [-0.3, -0.25) is 4.79 Å². The number of aryl methyl sites for hydroxylation is 1. The lowest BCUT2D eigenvalue weighted by molar-refractivity contribution is -0.137. The lowest BCUT2D eigenvalue weighted by atomic mass is 9.91. The highest BCUT2D eigenvalue weighted by molar-refractivity contribution is 5.77. The molecule has 2 atom stereocenters. The number of alkyl halides is 3. The predicted octanol–water partition coefficient (Wildman–Crippen LogP) is 5.10. The molecule has 0 saturated heterocycles. The van der Waals surface area contributed by atoms with Crippen molar-refractivity contribution in [1.29, 1.82) is 0 Å². The second kappa shape index (κ2) is 8.27. The van der Waals surface area contributed by atoms with E-state index in [1.54, 1.807) is 12.3 Å². The number of rotatable bonds is 6. The Morgan fingerprint density at radius 3 is 2.69 bits per heavy atom. The van der Waals surface area contributed by atoms with E-state index in [2.05, 4.69) is 10.3 Å². The molecule has 0 saturated carbocycles. The number of hydrogen-bond acceptors (Lipinski definition) is 2. The van der Waals surface area contributed by atoms with E-state index in [-0.39, 0.29) is 18.4 Å². The molecule has 7 heteroatoms. The van der Waals surface area contributed by atoms with Crippen LogP contribution in [0.1, 0.15) is 55.0 Å². The molecule has 0 aliphatic heterocycles. The Morgan fingerprint density at radius 1 is 1.24 bits per heavy atom. The lowest BCUT2D eigenvalue weighted by Gasteiger charge is -2.20. The van der Waals surface area contributed by atoms with Crippen molar-refractivity contribution in [2.75, 3.05) is 0 Å². The first-order chi connectivity index (χ1) is 13.7. The molecule has 0 aliphatic carbocycles. The van der Waals surface area contributed by atoms with E-state index >= 15 is 0 Å². The molecule has 4 nitrogen and oxygen atoms in total. The summed E-state index contributed by atoms with van der Waals surface area (Å²) in [7, 11) is 0. The summed E-state index contributed by atoms with van der Waals surface area (Å²) in [5.41, 5.74) is 2.10. The molecule has 0 fully saturated rings. The van der Waals surface area contributed by atoms with Gasteiger partial charge in [0.25, 0.3) is 0 Å². The molecular formula is C22H24F3N3O. The number of halogens is 3. The van der Waals surface area contributed by atoms with E-state index in [1.807, 2.05) is 43.5 Å². The van der Waals surface area contributed by atoms with Crippen LogP contribution in [0.15, 0.2) is 48.8 Å². The van der Waals surface area contributed by atoms with Gasteiger partial charge in [0, 0.05) is 30.8 Å². The summed E-state index contributed by atoms with van der Waals surface area (Å²) in [4.78, 5) is 17.0. The van der Waals surface area contributed by atoms with Gasteiger partial charge in [0.15, 0.2) is 0 Å². The number of nitrogens with one attached hydrogen (secondary N) is 1. The second-order valence-corrected chi connectivity index (χ2v) is 7.37. The van der Waals surface area contributed by atoms with Crippen LogP contribution in [0.4, 0.5) is 13.2 Å². The van der Waals surface area contributed by atoms with Gasteiger partial charge in [0.1, 0.15) is 5.65 Å². The van der Waals surface area contributed by atoms with Crippen molar-refractivity contribution in [3.05, 3.63) is 71.2 Å². The number of carbonyl (C=O) groups excluding carboxylic acids is 1. The van der Waals surface area contributed by atoms with Crippen LogP contribution >= 0.6 is 0 Å². The van der Waals surface area contributed by atoms with Gasteiger partial charge in [0.05, 0.1) is 11.3 Å². The van der Waals surface area contributed by atoms with Crippen LogP contribution in [-0.2, 0) is 11.0 Å². The Hall–Kier alpha value is -2.83.